The van der Waals surface area contributed by atoms with Crippen LogP contribution in [0.3, 0.4) is 0 Å². The SMILES string of the molecule is CC1(c2ccc([C@@H](N)c3ccccc3)cc2F)CC1. The smallest absolute Gasteiger partial charge is 0.127 e. The summed E-state index contributed by atoms with van der Waals surface area (Å²) in [6.07, 6.45) is 2.15. The van der Waals surface area contributed by atoms with Crippen LogP contribution in [-0.4, -0.2) is 0 Å². The Balaban J connectivity index is 1.92. The van der Waals surface area contributed by atoms with E-state index in [1.165, 1.54) is 0 Å². The first-order valence-corrected chi connectivity index (χ1v) is 6.71. The minimum Gasteiger partial charge on any atom is -0.320 e. The Morgan fingerprint density at radius 2 is 1.74 bits per heavy atom. The van der Waals surface area contributed by atoms with Gasteiger partial charge in [-0.15, -0.1) is 0 Å². The van der Waals surface area contributed by atoms with Crippen molar-refractivity contribution in [1.82, 2.24) is 0 Å². The molecule has 0 aliphatic heterocycles. The van der Waals surface area contributed by atoms with Crippen molar-refractivity contribution in [1.29, 1.82) is 0 Å². The van der Waals surface area contributed by atoms with Crippen LogP contribution in [0.1, 0.15) is 42.5 Å². The molecule has 0 saturated heterocycles. The van der Waals surface area contributed by atoms with Crippen molar-refractivity contribution >= 4 is 0 Å². The van der Waals surface area contributed by atoms with Crippen LogP contribution in [0, 0.1) is 5.82 Å². The summed E-state index contributed by atoms with van der Waals surface area (Å²) in [4.78, 5) is 0. The summed E-state index contributed by atoms with van der Waals surface area (Å²) in [5, 5.41) is 0. The number of rotatable bonds is 3. The zero-order chi connectivity index (χ0) is 13.5. The van der Waals surface area contributed by atoms with E-state index in [4.69, 9.17) is 5.73 Å². The Labute approximate surface area is 113 Å². The molecule has 19 heavy (non-hydrogen) atoms. The van der Waals surface area contributed by atoms with Crippen LogP contribution in [0.5, 0.6) is 0 Å². The predicted octanol–water partition coefficient (Wildman–Crippen LogP) is 3.93. The molecule has 0 unspecified atom stereocenters. The number of nitrogens with two attached hydrogens (primary N) is 1. The zero-order valence-corrected chi connectivity index (χ0v) is 11.1. The minimum absolute atomic E-state index is 0.0550. The van der Waals surface area contributed by atoms with Gasteiger partial charge in [0, 0.05) is 0 Å². The van der Waals surface area contributed by atoms with Gasteiger partial charge in [0.15, 0.2) is 0 Å². The normalized spacial score (nSPS) is 18.1. The average molecular weight is 255 g/mol. The molecule has 2 N–H and O–H groups in total. The fourth-order valence-electron chi connectivity index (χ4n) is 2.52. The first-order chi connectivity index (χ1) is 9.10. The molecular formula is C17H18FN. The molecule has 0 aromatic heterocycles. The van der Waals surface area contributed by atoms with E-state index in [0.717, 1.165) is 29.5 Å². The molecule has 0 bridgehead atoms. The van der Waals surface area contributed by atoms with Crippen LogP contribution in [0.4, 0.5) is 4.39 Å². The number of benzene rings is 2. The molecule has 1 aliphatic rings. The molecule has 98 valence electrons. The summed E-state index contributed by atoms with van der Waals surface area (Å²) < 4.78 is 14.2. The fourth-order valence-corrected chi connectivity index (χ4v) is 2.52. The summed E-state index contributed by atoms with van der Waals surface area (Å²) in [6.45, 7) is 2.11. The highest BCUT2D eigenvalue weighted by Gasteiger charge is 2.41. The standard InChI is InChI=1S/C17H18FN/c1-17(9-10-17)14-8-7-13(11-15(14)18)16(19)12-5-3-2-4-6-12/h2-8,11,16H,9-10,19H2,1H3/t16-/m0/s1. The van der Waals surface area contributed by atoms with E-state index in [0.29, 0.717) is 0 Å². The lowest BCUT2D eigenvalue weighted by Gasteiger charge is -2.16. The summed E-state index contributed by atoms with van der Waals surface area (Å²) in [5.41, 5.74) is 8.92. The van der Waals surface area contributed by atoms with Gasteiger partial charge in [0.1, 0.15) is 5.82 Å². The van der Waals surface area contributed by atoms with Gasteiger partial charge in [0.2, 0.25) is 0 Å². The average Bonchev–Trinajstić information content (AvgIpc) is 3.17. The molecule has 0 amide bonds. The van der Waals surface area contributed by atoms with E-state index < -0.39 is 0 Å². The molecule has 2 heteroatoms. The highest BCUT2D eigenvalue weighted by Crippen LogP contribution is 2.48. The second-order valence-electron chi connectivity index (χ2n) is 5.69. The van der Waals surface area contributed by atoms with Gasteiger partial charge in [-0.05, 0) is 41.0 Å². The monoisotopic (exact) mass is 255 g/mol. The first-order valence-electron chi connectivity index (χ1n) is 6.71. The van der Waals surface area contributed by atoms with Crippen molar-refractivity contribution in [2.24, 2.45) is 5.73 Å². The third kappa shape index (κ3) is 2.28. The van der Waals surface area contributed by atoms with E-state index in [2.05, 4.69) is 6.92 Å². The van der Waals surface area contributed by atoms with Crippen molar-refractivity contribution in [3.05, 3.63) is 71.0 Å². The molecule has 1 nitrogen and oxygen atoms in total. The molecule has 1 atom stereocenters. The number of halogens is 1. The summed E-state index contributed by atoms with van der Waals surface area (Å²) in [6, 6.07) is 15.0. The molecular weight excluding hydrogens is 237 g/mol. The van der Waals surface area contributed by atoms with Gasteiger partial charge < -0.3 is 5.73 Å². The van der Waals surface area contributed by atoms with Gasteiger partial charge >= 0.3 is 0 Å². The van der Waals surface area contributed by atoms with Crippen molar-refractivity contribution in [3.8, 4) is 0 Å². The summed E-state index contributed by atoms with van der Waals surface area (Å²) in [7, 11) is 0. The van der Waals surface area contributed by atoms with Gasteiger partial charge in [-0.2, -0.15) is 0 Å². The first kappa shape index (κ1) is 12.4. The maximum absolute atomic E-state index is 14.2. The van der Waals surface area contributed by atoms with Gasteiger partial charge in [0.05, 0.1) is 6.04 Å². The van der Waals surface area contributed by atoms with E-state index in [1.807, 2.05) is 42.5 Å². The Morgan fingerprint density at radius 3 is 2.32 bits per heavy atom. The van der Waals surface area contributed by atoms with E-state index >= 15 is 0 Å². The Bertz CT molecular complexity index is 587. The molecule has 2 aromatic carbocycles. The van der Waals surface area contributed by atoms with Crippen molar-refractivity contribution in [2.75, 3.05) is 0 Å². The van der Waals surface area contributed by atoms with Crippen LogP contribution in [-0.2, 0) is 5.41 Å². The van der Waals surface area contributed by atoms with Crippen LogP contribution in [0.25, 0.3) is 0 Å². The Morgan fingerprint density at radius 1 is 1.05 bits per heavy atom. The van der Waals surface area contributed by atoms with E-state index in [9.17, 15) is 4.39 Å². The maximum Gasteiger partial charge on any atom is 0.127 e. The third-order valence-electron chi connectivity index (χ3n) is 4.16. The second-order valence-corrected chi connectivity index (χ2v) is 5.69. The quantitative estimate of drug-likeness (QED) is 0.883. The van der Waals surface area contributed by atoms with Gasteiger partial charge in [0.25, 0.3) is 0 Å². The van der Waals surface area contributed by atoms with Crippen LogP contribution in [0.2, 0.25) is 0 Å². The van der Waals surface area contributed by atoms with E-state index in [1.54, 1.807) is 6.07 Å². The molecule has 1 aliphatic carbocycles. The van der Waals surface area contributed by atoms with E-state index in [-0.39, 0.29) is 17.3 Å². The highest BCUT2D eigenvalue weighted by atomic mass is 19.1. The molecule has 0 radical (unpaired) electrons. The lowest BCUT2D eigenvalue weighted by Crippen LogP contribution is -2.13. The van der Waals surface area contributed by atoms with Crippen LogP contribution in [0.15, 0.2) is 48.5 Å². The van der Waals surface area contributed by atoms with Crippen LogP contribution >= 0.6 is 0 Å². The lowest BCUT2D eigenvalue weighted by molar-refractivity contribution is 0.582. The maximum atomic E-state index is 14.2. The molecule has 1 fully saturated rings. The van der Waals surface area contributed by atoms with Crippen molar-refractivity contribution in [3.63, 3.8) is 0 Å². The van der Waals surface area contributed by atoms with Crippen molar-refractivity contribution in [2.45, 2.75) is 31.2 Å². The largest absolute Gasteiger partial charge is 0.320 e. The Kier molecular flexibility index (Phi) is 2.90. The Hall–Kier alpha value is -1.67. The lowest BCUT2D eigenvalue weighted by atomic mass is 9.93. The fraction of sp³-hybridized carbons (Fsp3) is 0.294. The van der Waals surface area contributed by atoms with Gasteiger partial charge in [-0.1, -0.05) is 49.4 Å². The van der Waals surface area contributed by atoms with Crippen molar-refractivity contribution < 1.29 is 4.39 Å². The van der Waals surface area contributed by atoms with Gasteiger partial charge in [-0.25, -0.2) is 4.39 Å². The third-order valence-corrected chi connectivity index (χ3v) is 4.16. The summed E-state index contributed by atoms with van der Waals surface area (Å²) in [5.74, 6) is -0.121. The highest BCUT2D eigenvalue weighted by molar-refractivity contribution is 5.38. The summed E-state index contributed by atoms with van der Waals surface area (Å²) >= 11 is 0. The predicted molar refractivity (Wildman–Crippen MR) is 75.5 cm³/mol. The van der Waals surface area contributed by atoms with Crippen LogP contribution < -0.4 is 5.73 Å². The number of hydrogen-bond donors (Lipinski definition) is 1. The minimum atomic E-state index is -0.267. The number of hydrogen-bond acceptors (Lipinski definition) is 1. The van der Waals surface area contributed by atoms with Gasteiger partial charge in [-0.3, -0.25) is 0 Å². The molecule has 1 saturated carbocycles. The molecule has 0 spiro atoms. The second kappa shape index (κ2) is 4.46. The topological polar surface area (TPSA) is 26.0 Å². The zero-order valence-electron chi connectivity index (χ0n) is 11.1. The molecule has 0 heterocycles. The molecule has 2 aromatic rings. The molecule has 3 rings (SSSR count).